The number of nitrogens with zero attached hydrogens (tertiary/aromatic N) is 1. The lowest BCUT2D eigenvalue weighted by molar-refractivity contribution is 0.284. The number of rotatable bonds is 5. The summed E-state index contributed by atoms with van der Waals surface area (Å²) in [6.07, 6.45) is 0. The summed E-state index contributed by atoms with van der Waals surface area (Å²) in [5, 5.41) is 0. The Kier molecular flexibility index (Phi) is 5.09. The highest BCUT2D eigenvalue weighted by atomic mass is 79.9. The standard InChI is InChI=1S/C23H21BrN2O2/c1-14-10-19-20(11-15(14)2)26-23(25-19)17-6-9-21(22(12-17)27-3)28-13-16-4-7-18(24)8-5-16/h4-12H,13H2,1-3H3,(H,25,26). The summed E-state index contributed by atoms with van der Waals surface area (Å²) < 4.78 is 12.6. The van der Waals surface area contributed by atoms with E-state index in [1.807, 2.05) is 42.5 Å². The summed E-state index contributed by atoms with van der Waals surface area (Å²) in [6, 6.07) is 18.2. The SMILES string of the molecule is COc1cc(-c2nc3cc(C)c(C)cc3[nH]2)ccc1OCc1ccc(Br)cc1. The van der Waals surface area contributed by atoms with Crippen LogP contribution in [-0.4, -0.2) is 17.1 Å². The van der Waals surface area contributed by atoms with Crippen LogP contribution in [0.1, 0.15) is 16.7 Å². The van der Waals surface area contributed by atoms with E-state index in [0.717, 1.165) is 32.5 Å². The number of ether oxygens (including phenoxy) is 2. The Morgan fingerprint density at radius 1 is 0.929 bits per heavy atom. The molecule has 0 bridgehead atoms. The summed E-state index contributed by atoms with van der Waals surface area (Å²) in [5.74, 6) is 2.21. The van der Waals surface area contributed by atoms with Crippen LogP contribution >= 0.6 is 15.9 Å². The van der Waals surface area contributed by atoms with Crippen LogP contribution in [0.2, 0.25) is 0 Å². The van der Waals surface area contributed by atoms with Crippen LogP contribution in [-0.2, 0) is 6.61 Å². The molecule has 4 rings (SSSR count). The molecule has 0 fully saturated rings. The molecular weight excluding hydrogens is 416 g/mol. The summed E-state index contributed by atoms with van der Waals surface area (Å²) >= 11 is 3.45. The fourth-order valence-corrected chi connectivity index (χ4v) is 3.35. The van der Waals surface area contributed by atoms with E-state index in [1.54, 1.807) is 7.11 Å². The molecule has 0 aliphatic heterocycles. The van der Waals surface area contributed by atoms with Crippen molar-refractivity contribution in [3.63, 3.8) is 0 Å². The molecule has 0 aliphatic carbocycles. The molecule has 5 heteroatoms. The van der Waals surface area contributed by atoms with Gasteiger partial charge in [0.2, 0.25) is 0 Å². The Hall–Kier alpha value is -2.79. The molecule has 0 saturated heterocycles. The zero-order valence-corrected chi connectivity index (χ0v) is 17.6. The summed E-state index contributed by atoms with van der Waals surface area (Å²) in [6.45, 7) is 4.69. The van der Waals surface area contributed by atoms with Gasteiger partial charge in [-0.1, -0.05) is 28.1 Å². The molecule has 3 aromatic carbocycles. The fourth-order valence-electron chi connectivity index (χ4n) is 3.08. The number of nitrogens with one attached hydrogen (secondary N) is 1. The van der Waals surface area contributed by atoms with Crippen LogP contribution in [0.5, 0.6) is 11.5 Å². The van der Waals surface area contributed by atoms with Gasteiger partial charge in [-0.05, 0) is 73.0 Å². The zero-order valence-electron chi connectivity index (χ0n) is 16.0. The zero-order chi connectivity index (χ0) is 19.7. The van der Waals surface area contributed by atoms with Crippen LogP contribution in [0.4, 0.5) is 0 Å². The first-order valence-corrected chi connectivity index (χ1v) is 9.85. The number of methoxy groups -OCH3 is 1. The van der Waals surface area contributed by atoms with Crippen molar-refractivity contribution in [2.45, 2.75) is 20.5 Å². The van der Waals surface area contributed by atoms with Crippen LogP contribution < -0.4 is 9.47 Å². The fraction of sp³-hybridized carbons (Fsp3) is 0.174. The van der Waals surface area contributed by atoms with Gasteiger partial charge >= 0.3 is 0 Å². The molecule has 142 valence electrons. The van der Waals surface area contributed by atoms with Crippen molar-refractivity contribution in [2.75, 3.05) is 7.11 Å². The van der Waals surface area contributed by atoms with Gasteiger partial charge in [0.25, 0.3) is 0 Å². The quantitative estimate of drug-likeness (QED) is 0.405. The van der Waals surface area contributed by atoms with E-state index < -0.39 is 0 Å². The summed E-state index contributed by atoms with van der Waals surface area (Å²) in [7, 11) is 1.65. The number of halogens is 1. The second-order valence-electron chi connectivity index (χ2n) is 6.82. The minimum Gasteiger partial charge on any atom is -0.493 e. The highest BCUT2D eigenvalue weighted by molar-refractivity contribution is 9.10. The summed E-state index contributed by atoms with van der Waals surface area (Å²) in [4.78, 5) is 8.14. The smallest absolute Gasteiger partial charge is 0.161 e. The second kappa shape index (κ2) is 7.68. The lowest BCUT2D eigenvalue weighted by Gasteiger charge is -2.12. The van der Waals surface area contributed by atoms with Crippen LogP contribution in [0.3, 0.4) is 0 Å². The minimum atomic E-state index is 0.478. The third-order valence-electron chi connectivity index (χ3n) is 4.84. The van der Waals surface area contributed by atoms with Crippen molar-refractivity contribution in [3.05, 3.63) is 75.8 Å². The highest BCUT2D eigenvalue weighted by Gasteiger charge is 2.11. The van der Waals surface area contributed by atoms with Gasteiger partial charge in [-0.2, -0.15) is 0 Å². The Morgan fingerprint density at radius 2 is 1.68 bits per heavy atom. The monoisotopic (exact) mass is 436 g/mol. The highest BCUT2D eigenvalue weighted by Crippen LogP contribution is 2.33. The second-order valence-corrected chi connectivity index (χ2v) is 7.74. The van der Waals surface area contributed by atoms with Crippen molar-refractivity contribution in [1.29, 1.82) is 0 Å². The maximum atomic E-state index is 5.96. The number of imidazole rings is 1. The van der Waals surface area contributed by atoms with E-state index in [2.05, 4.69) is 46.9 Å². The molecule has 0 saturated carbocycles. The number of hydrogen-bond donors (Lipinski definition) is 1. The van der Waals surface area contributed by atoms with Gasteiger partial charge in [0.05, 0.1) is 18.1 Å². The minimum absolute atomic E-state index is 0.478. The van der Waals surface area contributed by atoms with Gasteiger partial charge in [-0.25, -0.2) is 4.98 Å². The Labute approximate surface area is 172 Å². The van der Waals surface area contributed by atoms with Crippen LogP contribution in [0, 0.1) is 13.8 Å². The van der Waals surface area contributed by atoms with E-state index in [0.29, 0.717) is 18.1 Å². The van der Waals surface area contributed by atoms with E-state index in [1.165, 1.54) is 11.1 Å². The van der Waals surface area contributed by atoms with Gasteiger partial charge < -0.3 is 14.5 Å². The summed E-state index contributed by atoms with van der Waals surface area (Å²) in [5.41, 5.74) is 6.54. The van der Waals surface area contributed by atoms with E-state index in [4.69, 9.17) is 14.5 Å². The predicted octanol–water partition coefficient (Wildman–Crippen LogP) is 6.20. The number of benzene rings is 3. The van der Waals surface area contributed by atoms with E-state index in [9.17, 15) is 0 Å². The van der Waals surface area contributed by atoms with Crippen LogP contribution in [0.25, 0.3) is 22.4 Å². The molecular formula is C23H21BrN2O2. The van der Waals surface area contributed by atoms with Gasteiger partial charge in [0, 0.05) is 10.0 Å². The van der Waals surface area contributed by atoms with Crippen molar-refractivity contribution >= 4 is 27.0 Å². The number of aryl methyl sites for hydroxylation is 2. The molecule has 4 nitrogen and oxygen atoms in total. The molecule has 1 aromatic heterocycles. The Balaban J connectivity index is 1.60. The lowest BCUT2D eigenvalue weighted by atomic mass is 10.1. The Morgan fingerprint density at radius 3 is 2.43 bits per heavy atom. The number of hydrogen-bond acceptors (Lipinski definition) is 3. The molecule has 0 amide bonds. The van der Waals surface area contributed by atoms with Gasteiger partial charge in [-0.15, -0.1) is 0 Å². The van der Waals surface area contributed by atoms with Gasteiger partial charge in [0.15, 0.2) is 11.5 Å². The molecule has 28 heavy (non-hydrogen) atoms. The first-order valence-electron chi connectivity index (χ1n) is 9.06. The maximum Gasteiger partial charge on any atom is 0.161 e. The molecule has 0 spiro atoms. The first kappa shape index (κ1) is 18.6. The predicted molar refractivity (Wildman–Crippen MR) is 116 cm³/mol. The third kappa shape index (κ3) is 3.76. The lowest BCUT2D eigenvalue weighted by Crippen LogP contribution is -1.98. The third-order valence-corrected chi connectivity index (χ3v) is 5.37. The van der Waals surface area contributed by atoms with E-state index >= 15 is 0 Å². The average molecular weight is 437 g/mol. The number of aromatic nitrogens is 2. The van der Waals surface area contributed by atoms with Crippen LogP contribution in [0.15, 0.2) is 59.1 Å². The molecule has 0 radical (unpaired) electrons. The number of aromatic amines is 1. The van der Waals surface area contributed by atoms with Crippen molar-refractivity contribution < 1.29 is 9.47 Å². The van der Waals surface area contributed by atoms with E-state index in [-0.39, 0.29) is 0 Å². The van der Waals surface area contributed by atoms with Crippen molar-refractivity contribution in [2.24, 2.45) is 0 Å². The largest absolute Gasteiger partial charge is 0.493 e. The number of H-pyrrole nitrogens is 1. The maximum absolute atomic E-state index is 5.96. The first-order chi connectivity index (χ1) is 13.5. The normalized spacial score (nSPS) is 11.0. The topological polar surface area (TPSA) is 47.1 Å². The molecule has 1 heterocycles. The molecule has 0 atom stereocenters. The van der Waals surface area contributed by atoms with Gasteiger partial charge in [-0.3, -0.25) is 0 Å². The molecule has 4 aromatic rings. The molecule has 0 aliphatic rings. The Bertz CT molecular complexity index is 1090. The molecule has 1 N–H and O–H groups in total. The number of fused-ring (bicyclic) bond motifs is 1. The average Bonchev–Trinajstić information content (AvgIpc) is 3.10. The van der Waals surface area contributed by atoms with Crippen molar-refractivity contribution in [1.82, 2.24) is 9.97 Å². The molecule has 0 unspecified atom stereocenters. The van der Waals surface area contributed by atoms with Gasteiger partial charge in [0.1, 0.15) is 12.4 Å². The van der Waals surface area contributed by atoms with Crippen molar-refractivity contribution in [3.8, 4) is 22.9 Å².